The van der Waals surface area contributed by atoms with Crippen molar-refractivity contribution >= 4 is 6.03 Å². The molecule has 5 heteroatoms. The average molecular weight is 356 g/mol. The number of urea groups is 1. The Labute approximate surface area is 153 Å². The molecule has 0 bridgehead atoms. The number of carbonyl (C=O) groups is 1. The highest BCUT2D eigenvalue weighted by Gasteiger charge is 2.13. The zero-order chi connectivity index (χ0) is 18.2. The SMILES string of the molecule is O=C(NCCOc1cccc2c1CCCC2)NCCc1ccc(F)cc1. The van der Waals surface area contributed by atoms with Crippen molar-refractivity contribution in [1.82, 2.24) is 10.6 Å². The Balaban J connectivity index is 1.33. The van der Waals surface area contributed by atoms with E-state index in [9.17, 15) is 9.18 Å². The number of nitrogens with one attached hydrogen (secondary N) is 2. The molecule has 0 unspecified atom stereocenters. The summed E-state index contributed by atoms with van der Waals surface area (Å²) in [6, 6.07) is 12.3. The average Bonchev–Trinajstić information content (AvgIpc) is 2.67. The van der Waals surface area contributed by atoms with Gasteiger partial charge in [-0.2, -0.15) is 0 Å². The molecule has 2 aromatic carbocycles. The summed E-state index contributed by atoms with van der Waals surface area (Å²) in [7, 11) is 0. The summed E-state index contributed by atoms with van der Waals surface area (Å²) in [5.41, 5.74) is 3.70. The van der Waals surface area contributed by atoms with Gasteiger partial charge in [-0.25, -0.2) is 9.18 Å². The lowest BCUT2D eigenvalue weighted by atomic mass is 9.91. The Morgan fingerprint density at radius 2 is 1.77 bits per heavy atom. The molecule has 0 heterocycles. The summed E-state index contributed by atoms with van der Waals surface area (Å²) >= 11 is 0. The van der Waals surface area contributed by atoms with Crippen LogP contribution in [0, 0.1) is 5.82 Å². The first-order chi connectivity index (χ1) is 12.7. The van der Waals surface area contributed by atoms with Crippen molar-refractivity contribution in [3.05, 3.63) is 65.0 Å². The highest BCUT2D eigenvalue weighted by Crippen LogP contribution is 2.29. The lowest BCUT2D eigenvalue weighted by molar-refractivity contribution is 0.236. The largest absolute Gasteiger partial charge is 0.491 e. The Hall–Kier alpha value is -2.56. The van der Waals surface area contributed by atoms with Gasteiger partial charge in [0.2, 0.25) is 0 Å². The molecule has 4 nitrogen and oxygen atoms in total. The molecular weight excluding hydrogens is 331 g/mol. The fourth-order valence-corrected chi connectivity index (χ4v) is 3.24. The van der Waals surface area contributed by atoms with E-state index in [1.807, 2.05) is 12.1 Å². The van der Waals surface area contributed by atoms with Crippen molar-refractivity contribution in [2.75, 3.05) is 19.7 Å². The van der Waals surface area contributed by atoms with Gasteiger partial charge in [0.1, 0.15) is 18.2 Å². The monoisotopic (exact) mass is 356 g/mol. The number of fused-ring (bicyclic) bond motifs is 1. The van der Waals surface area contributed by atoms with Crippen LogP contribution in [-0.4, -0.2) is 25.7 Å². The summed E-state index contributed by atoms with van der Waals surface area (Å²) in [6.07, 6.45) is 5.32. The van der Waals surface area contributed by atoms with Gasteiger partial charge in [-0.15, -0.1) is 0 Å². The van der Waals surface area contributed by atoms with Gasteiger partial charge in [0.05, 0.1) is 6.54 Å². The Morgan fingerprint density at radius 1 is 1.00 bits per heavy atom. The van der Waals surface area contributed by atoms with Crippen LogP contribution >= 0.6 is 0 Å². The molecule has 0 fully saturated rings. The highest BCUT2D eigenvalue weighted by molar-refractivity contribution is 5.73. The normalized spacial score (nSPS) is 13.0. The fraction of sp³-hybridized carbons (Fsp3) is 0.381. The molecule has 0 aromatic heterocycles. The lowest BCUT2D eigenvalue weighted by Crippen LogP contribution is -2.38. The smallest absolute Gasteiger partial charge is 0.314 e. The topological polar surface area (TPSA) is 50.4 Å². The molecule has 26 heavy (non-hydrogen) atoms. The minimum absolute atomic E-state index is 0.217. The summed E-state index contributed by atoms with van der Waals surface area (Å²) in [6.45, 7) is 1.40. The van der Waals surface area contributed by atoms with Gasteiger partial charge >= 0.3 is 6.03 Å². The van der Waals surface area contributed by atoms with Gasteiger partial charge in [-0.05, 0) is 67.0 Å². The number of ether oxygens (including phenoxy) is 1. The first kappa shape index (κ1) is 18.2. The van der Waals surface area contributed by atoms with E-state index in [0.717, 1.165) is 24.2 Å². The minimum atomic E-state index is -0.251. The van der Waals surface area contributed by atoms with Gasteiger partial charge < -0.3 is 15.4 Å². The molecule has 0 spiro atoms. The van der Waals surface area contributed by atoms with E-state index >= 15 is 0 Å². The van der Waals surface area contributed by atoms with E-state index in [2.05, 4.69) is 16.7 Å². The first-order valence-corrected chi connectivity index (χ1v) is 9.22. The number of rotatable bonds is 7. The molecule has 0 radical (unpaired) electrons. The van der Waals surface area contributed by atoms with Crippen LogP contribution in [0.5, 0.6) is 5.75 Å². The van der Waals surface area contributed by atoms with Gasteiger partial charge in [-0.3, -0.25) is 0 Å². The molecule has 1 aliphatic carbocycles. The maximum atomic E-state index is 12.8. The molecule has 2 N–H and O–H groups in total. The molecular formula is C21H25FN2O2. The second kappa shape index (κ2) is 9.22. The minimum Gasteiger partial charge on any atom is -0.491 e. The van der Waals surface area contributed by atoms with E-state index in [4.69, 9.17) is 4.74 Å². The number of hydrogen-bond donors (Lipinski definition) is 2. The molecule has 0 aliphatic heterocycles. The lowest BCUT2D eigenvalue weighted by Gasteiger charge is -2.19. The van der Waals surface area contributed by atoms with Gasteiger partial charge in [0.25, 0.3) is 0 Å². The van der Waals surface area contributed by atoms with Crippen LogP contribution in [0.1, 0.15) is 29.5 Å². The standard InChI is InChI=1S/C21H25FN2O2/c22-18-10-8-16(9-11-18)12-13-23-21(25)24-14-15-26-20-7-3-5-17-4-1-2-6-19(17)20/h3,5,7-11H,1-2,4,6,12-15H2,(H2,23,24,25). The molecule has 138 valence electrons. The second-order valence-electron chi connectivity index (χ2n) is 6.51. The van der Waals surface area contributed by atoms with Gasteiger partial charge in [0, 0.05) is 6.54 Å². The van der Waals surface area contributed by atoms with Gasteiger partial charge in [0.15, 0.2) is 0 Å². The molecule has 1 aliphatic rings. The molecule has 2 amide bonds. The van der Waals surface area contributed by atoms with E-state index in [1.54, 1.807) is 12.1 Å². The Kier molecular flexibility index (Phi) is 6.47. The number of halogens is 1. The maximum absolute atomic E-state index is 12.8. The Bertz CT molecular complexity index is 731. The number of carbonyl (C=O) groups excluding carboxylic acids is 1. The van der Waals surface area contributed by atoms with E-state index in [-0.39, 0.29) is 11.8 Å². The summed E-state index contributed by atoms with van der Waals surface area (Å²) in [4.78, 5) is 11.8. The first-order valence-electron chi connectivity index (χ1n) is 9.22. The van der Waals surface area contributed by atoms with E-state index in [1.165, 1.54) is 36.1 Å². The zero-order valence-corrected chi connectivity index (χ0v) is 14.9. The molecule has 0 atom stereocenters. The summed E-state index contributed by atoms with van der Waals surface area (Å²) in [5.74, 6) is 0.694. The highest BCUT2D eigenvalue weighted by atomic mass is 19.1. The zero-order valence-electron chi connectivity index (χ0n) is 14.9. The van der Waals surface area contributed by atoms with Crippen LogP contribution in [0.2, 0.25) is 0 Å². The molecule has 0 saturated carbocycles. The van der Waals surface area contributed by atoms with Crippen molar-refractivity contribution in [2.24, 2.45) is 0 Å². The van der Waals surface area contributed by atoms with E-state index in [0.29, 0.717) is 26.1 Å². The second-order valence-corrected chi connectivity index (χ2v) is 6.51. The van der Waals surface area contributed by atoms with Crippen LogP contribution in [0.4, 0.5) is 9.18 Å². The third-order valence-electron chi connectivity index (χ3n) is 4.61. The number of benzene rings is 2. The third kappa shape index (κ3) is 5.22. The maximum Gasteiger partial charge on any atom is 0.314 e. The van der Waals surface area contributed by atoms with Crippen molar-refractivity contribution in [1.29, 1.82) is 0 Å². The molecule has 2 aromatic rings. The third-order valence-corrected chi connectivity index (χ3v) is 4.61. The number of hydrogen-bond acceptors (Lipinski definition) is 2. The summed E-state index contributed by atoms with van der Waals surface area (Å²) < 4.78 is 18.7. The van der Waals surface area contributed by atoms with E-state index < -0.39 is 0 Å². The van der Waals surface area contributed by atoms with Crippen molar-refractivity contribution in [2.45, 2.75) is 32.1 Å². The predicted octanol–water partition coefficient (Wildman–Crippen LogP) is 3.63. The van der Waals surface area contributed by atoms with Crippen LogP contribution in [0.3, 0.4) is 0 Å². The van der Waals surface area contributed by atoms with Crippen molar-refractivity contribution in [3.8, 4) is 5.75 Å². The van der Waals surface area contributed by atoms with Crippen molar-refractivity contribution < 1.29 is 13.9 Å². The fourth-order valence-electron chi connectivity index (χ4n) is 3.24. The van der Waals surface area contributed by atoms with Crippen LogP contribution in [-0.2, 0) is 19.3 Å². The molecule has 3 rings (SSSR count). The van der Waals surface area contributed by atoms with Crippen LogP contribution in [0.25, 0.3) is 0 Å². The number of amides is 2. The van der Waals surface area contributed by atoms with Gasteiger partial charge in [-0.1, -0.05) is 24.3 Å². The predicted molar refractivity (Wildman–Crippen MR) is 100 cm³/mol. The number of aryl methyl sites for hydroxylation is 1. The van der Waals surface area contributed by atoms with Crippen molar-refractivity contribution in [3.63, 3.8) is 0 Å². The summed E-state index contributed by atoms with van der Waals surface area (Å²) in [5, 5.41) is 5.59. The quantitative estimate of drug-likeness (QED) is 0.745. The van der Waals surface area contributed by atoms with Crippen LogP contribution < -0.4 is 15.4 Å². The Morgan fingerprint density at radius 3 is 2.62 bits per heavy atom. The molecule has 0 saturated heterocycles. The van der Waals surface area contributed by atoms with Crippen LogP contribution in [0.15, 0.2) is 42.5 Å².